The van der Waals surface area contributed by atoms with Crippen molar-refractivity contribution in [1.82, 2.24) is 14.5 Å². The molecule has 0 spiro atoms. The Balaban J connectivity index is 0.000000675. The summed E-state index contributed by atoms with van der Waals surface area (Å²) in [5, 5.41) is 10.6. The number of nitrogens with zero attached hydrogens (tertiary/aromatic N) is 2. The number of piperazine rings is 1. The average molecular weight is 518 g/mol. The standard InChI is InChI=1S/C17H26ClN3O4S.C2HF3O2/c1-13(2)11-21(12-17(22)20-8-6-19-7-9-20)26(23,24)16-10-14(18)4-5-15(16)25-3;3-2(4,5)1(6)7/h4-5,10,13,19H,6-9,11-12H2,1-3H3;(H,6,7). The molecular weight excluding hydrogens is 491 g/mol. The highest BCUT2D eigenvalue weighted by Gasteiger charge is 2.38. The number of methoxy groups -OCH3 is 1. The van der Waals surface area contributed by atoms with Crippen molar-refractivity contribution in [2.24, 2.45) is 5.92 Å². The fourth-order valence-electron chi connectivity index (χ4n) is 2.81. The molecule has 9 nitrogen and oxygen atoms in total. The van der Waals surface area contributed by atoms with Crippen LogP contribution in [0.15, 0.2) is 23.1 Å². The number of carboxylic acid groups (broad SMARTS) is 1. The van der Waals surface area contributed by atoms with Crippen LogP contribution in [0.2, 0.25) is 5.02 Å². The third-order valence-electron chi connectivity index (χ3n) is 4.34. The van der Waals surface area contributed by atoms with Crippen LogP contribution in [0.3, 0.4) is 0 Å². The first-order chi connectivity index (χ1) is 15.2. The van der Waals surface area contributed by atoms with Crippen molar-refractivity contribution in [3.63, 3.8) is 0 Å². The molecule has 1 aliphatic rings. The van der Waals surface area contributed by atoms with Crippen LogP contribution in [-0.4, -0.2) is 87.2 Å². The van der Waals surface area contributed by atoms with Gasteiger partial charge in [0.1, 0.15) is 10.6 Å². The number of carboxylic acids is 1. The molecule has 0 atom stereocenters. The molecule has 1 saturated heterocycles. The summed E-state index contributed by atoms with van der Waals surface area (Å²) in [7, 11) is -2.53. The Morgan fingerprint density at radius 2 is 1.82 bits per heavy atom. The van der Waals surface area contributed by atoms with Crippen LogP contribution in [0, 0.1) is 5.92 Å². The van der Waals surface area contributed by atoms with E-state index >= 15 is 0 Å². The summed E-state index contributed by atoms with van der Waals surface area (Å²) in [5.74, 6) is -2.69. The molecular formula is C19H27ClF3N3O6S. The summed E-state index contributed by atoms with van der Waals surface area (Å²) in [6.45, 7) is 6.44. The van der Waals surface area contributed by atoms with E-state index in [1.54, 1.807) is 11.0 Å². The molecule has 2 N–H and O–H groups in total. The zero-order chi connectivity index (χ0) is 25.4. The van der Waals surface area contributed by atoms with Crippen LogP contribution in [-0.2, 0) is 19.6 Å². The van der Waals surface area contributed by atoms with E-state index in [-0.39, 0.29) is 35.6 Å². The number of amides is 1. The van der Waals surface area contributed by atoms with Crippen molar-refractivity contribution < 1.29 is 41.0 Å². The predicted octanol–water partition coefficient (Wildman–Crippen LogP) is 2.06. The summed E-state index contributed by atoms with van der Waals surface area (Å²) in [6, 6.07) is 4.44. The molecule has 0 aromatic heterocycles. The van der Waals surface area contributed by atoms with Gasteiger partial charge in [0.15, 0.2) is 0 Å². The van der Waals surface area contributed by atoms with Gasteiger partial charge >= 0.3 is 12.1 Å². The van der Waals surface area contributed by atoms with E-state index in [4.69, 9.17) is 26.2 Å². The molecule has 14 heteroatoms. The topological polar surface area (TPSA) is 116 Å². The number of ether oxygens (including phenoxy) is 1. The van der Waals surface area contributed by atoms with E-state index < -0.39 is 22.2 Å². The number of hydrogen-bond acceptors (Lipinski definition) is 6. The normalized spacial score (nSPS) is 14.6. The predicted molar refractivity (Wildman–Crippen MR) is 115 cm³/mol. The fourth-order valence-corrected chi connectivity index (χ4v) is 4.78. The molecule has 1 heterocycles. The lowest BCUT2D eigenvalue weighted by molar-refractivity contribution is -0.192. The summed E-state index contributed by atoms with van der Waals surface area (Å²) in [4.78, 5) is 23.2. The summed E-state index contributed by atoms with van der Waals surface area (Å²) >= 11 is 6.00. The maximum atomic E-state index is 13.2. The number of sulfonamides is 1. The number of carbonyl (C=O) groups is 2. The summed E-state index contributed by atoms with van der Waals surface area (Å²) in [6.07, 6.45) is -5.08. The van der Waals surface area contributed by atoms with Gasteiger partial charge in [0.2, 0.25) is 15.9 Å². The second-order valence-electron chi connectivity index (χ2n) is 7.42. The van der Waals surface area contributed by atoms with Gasteiger partial charge in [-0.3, -0.25) is 4.79 Å². The molecule has 1 aromatic carbocycles. The Morgan fingerprint density at radius 1 is 1.27 bits per heavy atom. The van der Waals surface area contributed by atoms with Gasteiger partial charge in [-0.05, 0) is 24.1 Å². The smallest absolute Gasteiger partial charge is 0.490 e. The second-order valence-corrected chi connectivity index (χ2v) is 9.76. The number of benzene rings is 1. The van der Waals surface area contributed by atoms with Crippen molar-refractivity contribution in [3.05, 3.63) is 23.2 Å². The molecule has 1 amide bonds. The highest BCUT2D eigenvalue weighted by molar-refractivity contribution is 7.89. The maximum Gasteiger partial charge on any atom is 0.490 e. The van der Waals surface area contributed by atoms with E-state index in [1.807, 2.05) is 13.8 Å². The van der Waals surface area contributed by atoms with Crippen molar-refractivity contribution in [1.29, 1.82) is 0 Å². The average Bonchev–Trinajstić information content (AvgIpc) is 2.73. The number of rotatable bonds is 7. The van der Waals surface area contributed by atoms with Crippen LogP contribution in [0.5, 0.6) is 5.75 Å². The van der Waals surface area contributed by atoms with Gasteiger partial charge in [0.25, 0.3) is 0 Å². The van der Waals surface area contributed by atoms with Crippen LogP contribution in [0.4, 0.5) is 13.2 Å². The molecule has 0 radical (unpaired) electrons. The minimum absolute atomic E-state index is 0.0266. The lowest BCUT2D eigenvalue weighted by atomic mass is 10.2. The van der Waals surface area contributed by atoms with Crippen molar-refractivity contribution >= 4 is 33.5 Å². The summed E-state index contributed by atoms with van der Waals surface area (Å²) < 4.78 is 64.6. The Labute approximate surface area is 195 Å². The Morgan fingerprint density at radius 3 is 2.27 bits per heavy atom. The number of nitrogens with one attached hydrogen (secondary N) is 1. The van der Waals surface area contributed by atoms with Gasteiger partial charge in [-0.15, -0.1) is 0 Å². The molecule has 0 saturated carbocycles. The quantitative estimate of drug-likeness (QED) is 0.568. The van der Waals surface area contributed by atoms with Gasteiger partial charge in [-0.2, -0.15) is 17.5 Å². The molecule has 0 aliphatic carbocycles. The Bertz CT molecular complexity index is 922. The van der Waals surface area contributed by atoms with Crippen LogP contribution in [0.25, 0.3) is 0 Å². The van der Waals surface area contributed by atoms with Crippen molar-refractivity contribution in [3.8, 4) is 5.75 Å². The first-order valence-electron chi connectivity index (χ1n) is 9.82. The van der Waals surface area contributed by atoms with E-state index in [0.717, 1.165) is 0 Å². The first kappa shape index (κ1) is 28.9. The number of aliphatic carboxylic acids is 1. The minimum Gasteiger partial charge on any atom is -0.495 e. The number of hydrogen-bond donors (Lipinski definition) is 2. The zero-order valence-electron chi connectivity index (χ0n) is 18.4. The monoisotopic (exact) mass is 517 g/mol. The van der Waals surface area contributed by atoms with E-state index in [2.05, 4.69) is 5.32 Å². The lowest BCUT2D eigenvalue weighted by Gasteiger charge is -2.31. The van der Waals surface area contributed by atoms with Gasteiger partial charge in [-0.25, -0.2) is 13.2 Å². The Hall–Kier alpha value is -2.09. The molecule has 1 aliphatic heterocycles. The Kier molecular flexibility index (Phi) is 10.9. The molecule has 1 fully saturated rings. The highest BCUT2D eigenvalue weighted by atomic mass is 35.5. The zero-order valence-corrected chi connectivity index (χ0v) is 19.9. The first-order valence-corrected chi connectivity index (χ1v) is 11.6. The van der Waals surface area contributed by atoms with Crippen LogP contribution in [0.1, 0.15) is 13.8 Å². The minimum atomic E-state index is -5.08. The number of alkyl halides is 3. The van der Waals surface area contributed by atoms with Crippen LogP contribution < -0.4 is 10.1 Å². The lowest BCUT2D eigenvalue weighted by Crippen LogP contribution is -2.50. The fraction of sp³-hybridized carbons (Fsp3) is 0.579. The van der Waals surface area contributed by atoms with E-state index in [1.165, 1.54) is 23.5 Å². The third kappa shape index (κ3) is 8.99. The van der Waals surface area contributed by atoms with E-state index in [9.17, 15) is 26.4 Å². The molecule has 0 bridgehead atoms. The molecule has 0 unspecified atom stereocenters. The second kappa shape index (κ2) is 12.4. The van der Waals surface area contributed by atoms with Gasteiger partial charge in [-0.1, -0.05) is 25.4 Å². The molecule has 188 valence electrons. The number of halogens is 4. The molecule has 2 rings (SSSR count). The summed E-state index contributed by atoms with van der Waals surface area (Å²) in [5.41, 5.74) is 0. The largest absolute Gasteiger partial charge is 0.495 e. The molecule has 33 heavy (non-hydrogen) atoms. The van der Waals surface area contributed by atoms with Crippen LogP contribution >= 0.6 is 11.6 Å². The number of carbonyl (C=O) groups excluding carboxylic acids is 1. The molecule has 1 aromatic rings. The van der Waals surface area contributed by atoms with Crippen molar-refractivity contribution in [2.45, 2.75) is 24.9 Å². The third-order valence-corrected chi connectivity index (χ3v) is 6.40. The van der Waals surface area contributed by atoms with Crippen molar-refractivity contribution in [2.75, 3.05) is 46.4 Å². The maximum absolute atomic E-state index is 13.2. The van der Waals surface area contributed by atoms with Gasteiger partial charge in [0.05, 0.1) is 13.7 Å². The highest BCUT2D eigenvalue weighted by Crippen LogP contribution is 2.30. The van der Waals surface area contributed by atoms with E-state index in [0.29, 0.717) is 31.2 Å². The van der Waals surface area contributed by atoms with Gasteiger partial charge < -0.3 is 20.1 Å². The SMILES string of the molecule is COc1ccc(Cl)cc1S(=O)(=O)N(CC(=O)N1CCNCC1)CC(C)C.O=C(O)C(F)(F)F. The van der Waals surface area contributed by atoms with Gasteiger partial charge in [0, 0.05) is 37.7 Å².